The van der Waals surface area contributed by atoms with E-state index in [4.69, 9.17) is 0 Å². The average molecular weight is 192 g/mol. The summed E-state index contributed by atoms with van der Waals surface area (Å²) in [5.41, 5.74) is 1.17. The maximum atomic E-state index is 9.21. The smallest absolute Gasteiger partial charge is 0.0668 e. The molecule has 0 aromatic heterocycles. The van der Waals surface area contributed by atoms with Gasteiger partial charge in [-0.2, -0.15) is 0 Å². The highest BCUT2D eigenvalue weighted by atomic mass is 16.3. The molecule has 3 nitrogen and oxygen atoms in total. The van der Waals surface area contributed by atoms with Crippen molar-refractivity contribution in [3.8, 4) is 0 Å². The first kappa shape index (κ1) is 9.65. The van der Waals surface area contributed by atoms with Gasteiger partial charge in [0.05, 0.1) is 12.1 Å². The van der Waals surface area contributed by atoms with Crippen molar-refractivity contribution in [3.63, 3.8) is 0 Å². The van der Waals surface area contributed by atoms with Crippen LogP contribution in [0.3, 0.4) is 0 Å². The van der Waals surface area contributed by atoms with Gasteiger partial charge < -0.3 is 15.7 Å². The van der Waals surface area contributed by atoms with Gasteiger partial charge in [-0.1, -0.05) is 30.3 Å². The summed E-state index contributed by atoms with van der Waals surface area (Å²) in [6.45, 7) is 2.74. The summed E-state index contributed by atoms with van der Waals surface area (Å²) in [4.78, 5) is 0. The quantitative estimate of drug-likeness (QED) is 0.634. The molecule has 0 atom stereocenters. The Hall–Kier alpha value is -0.900. The third kappa shape index (κ3) is 1.95. The van der Waals surface area contributed by atoms with Gasteiger partial charge in [-0.25, -0.2) is 0 Å². The molecular weight excluding hydrogens is 176 g/mol. The van der Waals surface area contributed by atoms with Crippen LogP contribution in [0.1, 0.15) is 5.56 Å². The zero-order valence-corrected chi connectivity index (χ0v) is 8.16. The third-order valence-electron chi connectivity index (χ3n) is 2.74. The summed E-state index contributed by atoms with van der Waals surface area (Å²) in [7, 11) is 0. The topological polar surface area (TPSA) is 44.3 Å². The number of nitrogens with one attached hydrogen (secondary N) is 2. The van der Waals surface area contributed by atoms with Crippen molar-refractivity contribution in [1.29, 1.82) is 0 Å². The highest BCUT2D eigenvalue weighted by Crippen LogP contribution is 2.11. The number of rotatable bonds is 4. The van der Waals surface area contributed by atoms with E-state index in [1.165, 1.54) is 5.56 Å². The van der Waals surface area contributed by atoms with Crippen LogP contribution in [0, 0.1) is 0 Å². The van der Waals surface area contributed by atoms with Crippen LogP contribution < -0.4 is 10.6 Å². The zero-order valence-electron chi connectivity index (χ0n) is 8.16. The maximum absolute atomic E-state index is 9.21. The number of hydrogen-bond donors (Lipinski definition) is 3. The molecule has 1 aliphatic rings. The van der Waals surface area contributed by atoms with E-state index in [0.29, 0.717) is 0 Å². The average Bonchev–Trinajstić information content (AvgIpc) is 2.19. The lowest BCUT2D eigenvalue weighted by atomic mass is 9.93. The fraction of sp³-hybridized carbons (Fsp3) is 0.455. The van der Waals surface area contributed by atoms with Crippen molar-refractivity contribution in [1.82, 2.24) is 10.6 Å². The Morgan fingerprint density at radius 1 is 1.29 bits per heavy atom. The molecule has 14 heavy (non-hydrogen) atoms. The summed E-state index contributed by atoms with van der Waals surface area (Å²) >= 11 is 0. The number of aliphatic hydroxyl groups excluding tert-OH is 1. The van der Waals surface area contributed by atoms with Crippen molar-refractivity contribution < 1.29 is 5.11 Å². The van der Waals surface area contributed by atoms with Crippen LogP contribution in [-0.2, 0) is 6.54 Å². The predicted molar refractivity (Wildman–Crippen MR) is 56.0 cm³/mol. The molecule has 2 rings (SSSR count). The molecule has 0 aliphatic carbocycles. The zero-order chi connectivity index (χ0) is 9.86. The summed E-state index contributed by atoms with van der Waals surface area (Å²) in [6.07, 6.45) is 0. The van der Waals surface area contributed by atoms with Gasteiger partial charge in [0.25, 0.3) is 0 Å². The van der Waals surface area contributed by atoms with Crippen molar-refractivity contribution in [3.05, 3.63) is 35.9 Å². The standard InChI is InChI=1S/C11H16N2O/c14-9-11(7-12-8-11)13-6-10-4-2-1-3-5-10/h1-5,12-14H,6-9H2. The fourth-order valence-electron chi connectivity index (χ4n) is 1.60. The fourth-order valence-corrected chi connectivity index (χ4v) is 1.60. The highest BCUT2D eigenvalue weighted by molar-refractivity contribution is 5.15. The van der Waals surface area contributed by atoms with E-state index in [2.05, 4.69) is 22.8 Å². The van der Waals surface area contributed by atoms with E-state index in [-0.39, 0.29) is 12.1 Å². The lowest BCUT2D eigenvalue weighted by Gasteiger charge is -2.42. The molecule has 0 saturated carbocycles. The van der Waals surface area contributed by atoms with Gasteiger partial charge in [-0.3, -0.25) is 0 Å². The molecule has 0 amide bonds. The van der Waals surface area contributed by atoms with Gasteiger partial charge in [-0.05, 0) is 5.56 Å². The van der Waals surface area contributed by atoms with Crippen molar-refractivity contribution in [2.45, 2.75) is 12.1 Å². The van der Waals surface area contributed by atoms with Crippen LogP contribution in [0.4, 0.5) is 0 Å². The van der Waals surface area contributed by atoms with Crippen LogP contribution in [0.25, 0.3) is 0 Å². The molecule has 1 aliphatic heterocycles. The molecule has 1 heterocycles. The summed E-state index contributed by atoms with van der Waals surface area (Å²) < 4.78 is 0. The minimum Gasteiger partial charge on any atom is -0.394 e. The second-order valence-corrected chi connectivity index (χ2v) is 3.88. The van der Waals surface area contributed by atoms with Crippen molar-refractivity contribution in [2.24, 2.45) is 0 Å². The van der Waals surface area contributed by atoms with E-state index < -0.39 is 0 Å². The molecular formula is C11H16N2O. The first-order valence-corrected chi connectivity index (χ1v) is 4.95. The second kappa shape index (κ2) is 4.09. The van der Waals surface area contributed by atoms with E-state index >= 15 is 0 Å². The Balaban J connectivity index is 1.88. The highest BCUT2D eigenvalue weighted by Gasteiger charge is 2.35. The normalized spacial score (nSPS) is 18.9. The molecule has 1 saturated heterocycles. The summed E-state index contributed by atoms with van der Waals surface area (Å²) in [5.74, 6) is 0. The van der Waals surface area contributed by atoms with Crippen LogP contribution >= 0.6 is 0 Å². The van der Waals surface area contributed by atoms with E-state index in [1.807, 2.05) is 18.2 Å². The molecule has 1 aromatic carbocycles. The van der Waals surface area contributed by atoms with E-state index in [9.17, 15) is 5.11 Å². The number of aliphatic hydroxyl groups is 1. The van der Waals surface area contributed by atoms with Gasteiger partial charge in [0, 0.05) is 19.6 Å². The molecule has 0 unspecified atom stereocenters. The Labute approximate surface area is 84.1 Å². The second-order valence-electron chi connectivity index (χ2n) is 3.88. The SMILES string of the molecule is OCC1(NCc2ccccc2)CNC1. The predicted octanol–water partition coefficient (Wildman–Crippen LogP) is 0.110. The molecule has 0 bridgehead atoms. The van der Waals surface area contributed by atoms with Crippen LogP contribution in [0.5, 0.6) is 0 Å². The third-order valence-corrected chi connectivity index (χ3v) is 2.74. The maximum Gasteiger partial charge on any atom is 0.0668 e. The number of benzene rings is 1. The van der Waals surface area contributed by atoms with Crippen LogP contribution in [0.15, 0.2) is 30.3 Å². The van der Waals surface area contributed by atoms with Gasteiger partial charge >= 0.3 is 0 Å². The van der Waals surface area contributed by atoms with Gasteiger partial charge in [0.2, 0.25) is 0 Å². The Morgan fingerprint density at radius 2 is 2.00 bits per heavy atom. The van der Waals surface area contributed by atoms with Crippen LogP contribution in [-0.4, -0.2) is 30.3 Å². The molecule has 76 valence electrons. The monoisotopic (exact) mass is 192 g/mol. The van der Waals surface area contributed by atoms with Crippen LogP contribution in [0.2, 0.25) is 0 Å². The lowest BCUT2D eigenvalue weighted by Crippen LogP contribution is -2.69. The minimum absolute atomic E-state index is 0.0875. The molecule has 3 heteroatoms. The number of hydrogen-bond acceptors (Lipinski definition) is 3. The molecule has 0 spiro atoms. The lowest BCUT2D eigenvalue weighted by molar-refractivity contribution is 0.108. The summed E-state index contributed by atoms with van der Waals surface area (Å²) in [6, 6.07) is 10.2. The van der Waals surface area contributed by atoms with E-state index in [0.717, 1.165) is 19.6 Å². The first-order valence-electron chi connectivity index (χ1n) is 4.95. The van der Waals surface area contributed by atoms with E-state index in [1.54, 1.807) is 0 Å². The van der Waals surface area contributed by atoms with Gasteiger partial charge in [-0.15, -0.1) is 0 Å². The Morgan fingerprint density at radius 3 is 2.50 bits per heavy atom. The van der Waals surface area contributed by atoms with Crippen molar-refractivity contribution >= 4 is 0 Å². The molecule has 3 N–H and O–H groups in total. The first-order chi connectivity index (χ1) is 6.85. The largest absolute Gasteiger partial charge is 0.394 e. The van der Waals surface area contributed by atoms with Gasteiger partial charge in [0.15, 0.2) is 0 Å². The van der Waals surface area contributed by atoms with Gasteiger partial charge in [0.1, 0.15) is 0 Å². The molecule has 1 aromatic rings. The minimum atomic E-state index is -0.0875. The Bertz CT molecular complexity index is 277. The Kier molecular flexibility index (Phi) is 2.82. The molecule has 1 fully saturated rings. The van der Waals surface area contributed by atoms with Crippen molar-refractivity contribution in [2.75, 3.05) is 19.7 Å². The summed E-state index contributed by atoms with van der Waals surface area (Å²) in [5, 5.41) is 15.8. The molecule has 0 radical (unpaired) electrons.